The maximum Gasteiger partial charge on any atom is 0.222 e. The summed E-state index contributed by atoms with van der Waals surface area (Å²) in [5, 5.41) is 7.54. The molecule has 1 saturated heterocycles. The van der Waals surface area contributed by atoms with E-state index in [1.165, 1.54) is 24.8 Å². The van der Waals surface area contributed by atoms with E-state index in [1.807, 2.05) is 17.0 Å². The summed E-state index contributed by atoms with van der Waals surface area (Å²) in [6.07, 6.45) is 6.27. The lowest BCUT2D eigenvalue weighted by atomic mass is 9.64. The fraction of sp³-hybridized carbons (Fsp3) is 0.619. The summed E-state index contributed by atoms with van der Waals surface area (Å²) >= 11 is 6.05. The number of guanidine groups is 1. The number of halogens is 2. The van der Waals surface area contributed by atoms with E-state index in [0.717, 1.165) is 56.5 Å². The van der Waals surface area contributed by atoms with Crippen molar-refractivity contribution in [1.82, 2.24) is 15.5 Å². The molecule has 0 spiro atoms. The van der Waals surface area contributed by atoms with Gasteiger partial charge < -0.3 is 15.5 Å². The molecule has 1 aromatic carbocycles. The molecule has 1 saturated carbocycles. The third kappa shape index (κ3) is 5.99. The fourth-order valence-corrected chi connectivity index (χ4v) is 4.06. The molecule has 2 aliphatic rings. The number of likely N-dealkylation sites (tertiary alicyclic amines) is 1. The van der Waals surface area contributed by atoms with Gasteiger partial charge in [-0.1, -0.05) is 30.2 Å². The number of amides is 1. The molecule has 28 heavy (non-hydrogen) atoms. The van der Waals surface area contributed by atoms with Crippen LogP contribution in [0.3, 0.4) is 0 Å². The van der Waals surface area contributed by atoms with Crippen molar-refractivity contribution in [2.45, 2.75) is 50.9 Å². The number of hydrogen-bond acceptors (Lipinski definition) is 2. The molecule has 1 aromatic rings. The van der Waals surface area contributed by atoms with E-state index in [-0.39, 0.29) is 29.4 Å². The molecule has 0 radical (unpaired) electrons. The lowest BCUT2D eigenvalue weighted by Crippen LogP contribution is -2.42. The highest BCUT2D eigenvalue weighted by Crippen LogP contribution is 2.44. The van der Waals surface area contributed by atoms with Crippen molar-refractivity contribution in [3.8, 4) is 0 Å². The first-order chi connectivity index (χ1) is 13.1. The number of aliphatic imine (C=N–C) groups is 1. The highest BCUT2D eigenvalue weighted by atomic mass is 127. The van der Waals surface area contributed by atoms with Crippen LogP contribution in [0.1, 0.15) is 51.0 Å². The van der Waals surface area contributed by atoms with Crippen molar-refractivity contribution in [1.29, 1.82) is 0 Å². The van der Waals surface area contributed by atoms with Crippen LogP contribution in [0.15, 0.2) is 29.3 Å². The molecule has 0 aromatic heterocycles. The lowest BCUT2D eigenvalue weighted by molar-refractivity contribution is -0.127. The van der Waals surface area contributed by atoms with Crippen LogP contribution in [-0.4, -0.2) is 49.5 Å². The summed E-state index contributed by atoms with van der Waals surface area (Å²) in [6, 6.07) is 8.24. The Morgan fingerprint density at radius 1 is 1.21 bits per heavy atom. The molecule has 3 rings (SSSR count). The van der Waals surface area contributed by atoms with Gasteiger partial charge in [-0.05, 0) is 50.3 Å². The predicted octanol–water partition coefficient (Wildman–Crippen LogP) is 3.95. The van der Waals surface area contributed by atoms with Gasteiger partial charge >= 0.3 is 0 Å². The number of carbonyl (C=O) groups is 1. The third-order valence-electron chi connectivity index (χ3n) is 5.72. The standard InChI is InChI=1S/C21H31ClN4O.HI/c1-2-23-20(24-13-5-15-26-14-3-6-19(26)27)25-16-21(11-4-12-21)17-7-9-18(22)10-8-17;/h7-10H,2-6,11-16H2,1H3,(H2,23,24,25);1H. The normalized spacial score (nSPS) is 18.4. The Hall–Kier alpha value is -1.02. The first-order valence-electron chi connectivity index (χ1n) is 10.2. The SMILES string of the molecule is CCNC(=NCC1(c2ccc(Cl)cc2)CCC1)NCCCN1CCCC1=O.I. The second-order valence-corrected chi connectivity index (χ2v) is 8.04. The summed E-state index contributed by atoms with van der Waals surface area (Å²) in [5.74, 6) is 1.16. The average Bonchev–Trinajstić information content (AvgIpc) is 3.04. The van der Waals surface area contributed by atoms with E-state index in [9.17, 15) is 4.79 Å². The quantitative estimate of drug-likeness (QED) is 0.237. The number of nitrogens with one attached hydrogen (secondary N) is 2. The smallest absolute Gasteiger partial charge is 0.222 e. The first-order valence-corrected chi connectivity index (χ1v) is 10.6. The minimum atomic E-state index is 0. The van der Waals surface area contributed by atoms with Crippen LogP contribution in [0, 0.1) is 0 Å². The van der Waals surface area contributed by atoms with E-state index in [2.05, 4.69) is 29.7 Å². The van der Waals surface area contributed by atoms with Crippen LogP contribution in [-0.2, 0) is 10.2 Å². The van der Waals surface area contributed by atoms with Gasteiger partial charge in [0.1, 0.15) is 0 Å². The largest absolute Gasteiger partial charge is 0.357 e. The van der Waals surface area contributed by atoms with Gasteiger partial charge in [-0.15, -0.1) is 24.0 Å². The Kier molecular flexibility index (Phi) is 9.34. The monoisotopic (exact) mass is 518 g/mol. The summed E-state index contributed by atoms with van der Waals surface area (Å²) in [6.45, 7) is 6.28. The Morgan fingerprint density at radius 3 is 2.54 bits per heavy atom. The van der Waals surface area contributed by atoms with E-state index in [0.29, 0.717) is 12.3 Å². The highest BCUT2D eigenvalue weighted by molar-refractivity contribution is 14.0. The van der Waals surface area contributed by atoms with E-state index in [1.54, 1.807) is 0 Å². The molecule has 0 bridgehead atoms. The molecule has 156 valence electrons. The maximum atomic E-state index is 11.7. The van der Waals surface area contributed by atoms with E-state index < -0.39 is 0 Å². The minimum Gasteiger partial charge on any atom is -0.357 e. The maximum absolute atomic E-state index is 11.7. The molecule has 1 aliphatic heterocycles. The van der Waals surface area contributed by atoms with Crippen LogP contribution in [0.2, 0.25) is 5.02 Å². The zero-order valence-electron chi connectivity index (χ0n) is 16.7. The molecule has 7 heteroatoms. The zero-order chi connectivity index (χ0) is 19.1. The molecular weight excluding hydrogens is 487 g/mol. The van der Waals surface area contributed by atoms with Gasteiger partial charge in [0, 0.05) is 43.0 Å². The van der Waals surface area contributed by atoms with Crippen molar-refractivity contribution < 1.29 is 4.79 Å². The molecule has 1 amide bonds. The first kappa shape index (κ1) is 23.3. The molecular formula is C21H32ClIN4O. The van der Waals surface area contributed by atoms with Gasteiger partial charge in [0.15, 0.2) is 5.96 Å². The fourth-order valence-electron chi connectivity index (χ4n) is 3.93. The molecule has 0 unspecified atom stereocenters. The van der Waals surface area contributed by atoms with Gasteiger partial charge in [-0.2, -0.15) is 0 Å². The van der Waals surface area contributed by atoms with Crippen molar-refractivity contribution >= 4 is 47.4 Å². The van der Waals surface area contributed by atoms with Crippen LogP contribution in [0.4, 0.5) is 0 Å². The average molecular weight is 519 g/mol. The molecule has 1 heterocycles. The van der Waals surface area contributed by atoms with Crippen molar-refractivity contribution in [2.75, 3.05) is 32.7 Å². The summed E-state index contributed by atoms with van der Waals surface area (Å²) in [5.41, 5.74) is 1.49. The summed E-state index contributed by atoms with van der Waals surface area (Å²) in [7, 11) is 0. The second-order valence-electron chi connectivity index (χ2n) is 7.60. The molecule has 5 nitrogen and oxygen atoms in total. The van der Waals surface area contributed by atoms with Gasteiger partial charge in [0.05, 0.1) is 6.54 Å². The minimum absolute atomic E-state index is 0. The Balaban J connectivity index is 0.00000280. The van der Waals surface area contributed by atoms with E-state index >= 15 is 0 Å². The van der Waals surface area contributed by atoms with Gasteiger partial charge in [-0.25, -0.2) is 0 Å². The third-order valence-corrected chi connectivity index (χ3v) is 5.97. The number of benzene rings is 1. The van der Waals surface area contributed by atoms with Crippen molar-refractivity contribution in [3.05, 3.63) is 34.9 Å². The number of hydrogen-bond donors (Lipinski definition) is 2. The summed E-state index contributed by atoms with van der Waals surface area (Å²) < 4.78 is 0. The highest BCUT2D eigenvalue weighted by Gasteiger charge is 2.38. The van der Waals surface area contributed by atoms with Crippen molar-refractivity contribution in [3.63, 3.8) is 0 Å². The van der Waals surface area contributed by atoms with Crippen LogP contribution in [0.25, 0.3) is 0 Å². The number of nitrogens with zero attached hydrogens (tertiary/aromatic N) is 2. The van der Waals surface area contributed by atoms with Crippen molar-refractivity contribution in [2.24, 2.45) is 4.99 Å². The molecule has 2 fully saturated rings. The van der Waals surface area contributed by atoms with E-state index in [4.69, 9.17) is 16.6 Å². The summed E-state index contributed by atoms with van der Waals surface area (Å²) in [4.78, 5) is 18.5. The van der Waals surface area contributed by atoms with Gasteiger partial charge in [0.25, 0.3) is 0 Å². The van der Waals surface area contributed by atoms with Gasteiger partial charge in [0.2, 0.25) is 5.91 Å². The molecule has 2 N–H and O–H groups in total. The Bertz CT molecular complexity index is 661. The zero-order valence-corrected chi connectivity index (χ0v) is 19.8. The van der Waals surface area contributed by atoms with Crippen LogP contribution >= 0.6 is 35.6 Å². The topological polar surface area (TPSA) is 56.7 Å². The number of carbonyl (C=O) groups excluding carboxylic acids is 1. The Labute approximate surface area is 190 Å². The lowest BCUT2D eigenvalue weighted by Gasteiger charge is -2.41. The predicted molar refractivity (Wildman–Crippen MR) is 127 cm³/mol. The number of rotatable bonds is 8. The molecule has 1 aliphatic carbocycles. The Morgan fingerprint density at radius 2 is 1.96 bits per heavy atom. The molecule has 0 atom stereocenters. The van der Waals surface area contributed by atoms with Crippen LogP contribution in [0.5, 0.6) is 0 Å². The second kappa shape index (κ2) is 11.2. The van der Waals surface area contributed by atoms with Crippen LogP contribution < -0.4 is 10.6 Å². The van der Waals surface area contributed by atoms with Gasteiger partial charge in [-0.3, -0.25) is 9.79 Å².